The van der Waals surface area contributed by atoms with Crippen LogP contribution in [0.1, 0.15) is 0 Å². The van der Waals surface area contributed by atoms with Crippen molar-refractivity contribution in [3.63, 3.8) is 0 Å². The Kier molecular flexibility index (Phi) is 4.42. The lowest BCUT2D eigenvalue weighted by Crippen LogP contribution is -2.18. The van der Waals surface area contributed by atoms with Crippen LogP contribution in [0.3, 0.4) is 0 Å². The van der Waals surface area contributed by atoms with Gasteiger partial charge in [0.15, 0.2) is 0 Å². The second-order valence-corrected chi connectivity index (χ2v) is 1.84. The van der Waals surface area contributed by atoms with E-state index in [2.05, 4.69) is 22.6 Å². The van der Waals surface area contributed by atoms with Crippen molar-refractivity contribution in [2.75, 3.05) is 7.11 Å². The Morgan fingerprint density at radius 3 is 2.67 bits per heavy atom. The summed E-state index contributed by atoms with van der Waals surface area (Å²) in [5, 5.41) is 8.25. The number of methoxy groups -OCH3 is 1. The number of rotatable bonds is 4. The first kappa shape index (κ1) is 10.4. The number of nitriles is 1. The van der Waals surface area contributed by atoms with Gasteiger partial charge in [-0.1, -0.05) is 13.2 Å². The number of carbonyl (C=O) groups is 1. The molecule has 0 bridgehead atoms. The second kappa shape index (κ2) is 5.10. The Labute approximate surface area is 70.7 Å². The van der Waals surface area contributed by atoms with E-state index in [1.54, 1.807) is 6.07 Å². The van der Waals surface area contributed by atoms with Crippen LogP contribution >= 0.6 is 0 Å². The average molecular weight is 167 g/mol. The smallest absolute Gasteiger partial charge is 0.350 e. The van der Waals surface area contributed by atoms with Gasteiger partial charge in [-0.15, -0.1) is 0 Å². The Balaban J connectivity index is 4.09. The summed E-state index contributed by atoms with van der Waals surface area (Å²) >= 11 is 0. The summed E-state index contributed by atoms with van der Waals surface area (Å²) in [5.41, 5.74) is -0.265. The molecule has 0 radical (unpaired) electrons. The summed E-state index contributed by atoms with van der Waals surface area (Å²) in [6.45, 7) is 6.52. The predicted molar refractivity (Wildman–Crippen MR) is 41.8 cm³/mol. The van der Waals surface area contributed by atoms with Gasteiger partial charge < -0.3 is 9.47 Å². The average Bonchev–Trinajstić information content (AvgIpc) is 2.12. The maximum Gasteiger partial charge on any atom is 0.350 e. The molecule has 0 amide bonds. The fourth-order valence-corrected chi connectivity index (χ4v) is 0.415. The van der Waals surface area contributed by atoms with Crippen LogP contribution in [0.4, 0.5) is 0 Å². The van der Waals surface area contributed by atoms with Crippen molar-refractivity contribution in [2.24, 2.45) is 0 Å². The van der Waals surface area contributed by atoms with Crippen molar-refractivity contribution in [1.82, 2.24) is 0 Å². The molecular formula is C8H9NO3. The molecule has 4 nitrogen and oxygen atoms in total. The molecule has 0 aliphatic heterocycles. The van der Waals surface area contributed by atoms with E-state index in [0.717, 1.165) is 0 Å². The van der Waals surface area contributed by atoms with Gasteiger partial charge >= 0.3 is 5.97 Å². The van der Waals surface area contributed by atoms with E-state index < -0.39 is 12.3 Å². The van der Waals surface area contributed by atoms with Gasteiger partial charge in [-0.2, -0.15) is 5.26 Å². The molecule has 0 fully saturated rings. The number of carbonyl (C=O) groups excluding carboxylic acids is 1. The molecule has 0 rings (SSSR count). The maximum absolute atomic E-state index is 10.8. The van der Waals surface area contributed by atoms with Crippen molar-refractivity contribution in [1.29, 1.82) is 5.26 Å². The highest BCUT2D eigenvalue weighted by atomic mass is 16.7. The molecule has 0 aliphatic carbocycles. The van der Waals surface area contributed by atoms with E-state index >= 15 is 0 Å². The fraction of sp³-hybridized carbons (Fsp3) is 0.250. The molecule has 0 spiro atoms. The highest BCUT2D eigenvalue weighted by Crippen LogP contribution is 1.99. The van der Waals surface area contributed by atoms with Crippen LogP contribution in [0, 0.1) is 11.3 Å². The molecule has 0 aromatic carbocycles. The molecule has 0 aromatic rings. The van der Waals surface area contributed by atoms with E-state index in [-0.39, 0.29) is 5.57 Å². The summed E-state index contributed by atoms with van der Waals surface area (Å²) in [5.74, 6) is -0.802. The zero-order valence-electron chi connectivity index (χ0n) is 6.74. The minimum atomic E-state index is -0.831. The van der Waals surface area contributed by atoms with Gasteiger partial charge in [0.05, 0.1) is 0 Å². The van der Waals surface area contributed by atoms with Gasteiger partial charge in [-0.3, -0.25) is 0 Å². The van der Waals surface area contributed by atoms with E-state index in [1.165, 1.54) is 13.2 Å². The summed E-state index contributed by atoms with van der Waals surface area (Å²) in [7, 11) is 1.36. The van der Waals surface area contributed by atoms with Gasteiger partial charge in [-0.25, -0.2) is 4.79 Å². The number of esters is 1. The summed E-state index contributed by atoms with van der Waals surface area (Å²) < 4.78 is 9.25. The van der Waals surface area contributed by atoms with Crippen molar-refractivity contribution in [2.45, 2.75) is 6.29 Å². The zero-order chi connectivity index (χ0) is 9.56. The van der Waals surface area contributed by atoms with E-state index in [1.807, 2.05) is 0 Å². The molecular weight excluding hydrogens is 158 g/mol. The maximum atomic E-state index is 10.8. The zero-order valence-corrected chi connectivity index (χ0v) is 6.74. The SMILES string of the molecule is C=CC(OC)OC(=O)C(=C)C#N. The van der Waals surface area contributed by atoms with E-state index in [9.17, 15) is 4.79 Å². The Bertz CT molecular complexity index is 239. The molecule has 12 heavy (non-hydrogen) atoms. The minimum absolute atomic E-state index is 0.265. The molecule has 0 saturated carbocycles. The van der Waals surface area contributed by atoms with Crippen LogP contribution in [0.25, 0.3) is 0 Å². The van der Waals surface area contributed by atoms with E-state index in [4.69, 9.17) is 5.26 Å². The third-order valence-corrected chi connectivity index (χ3v) is 1.03. The lowest BCUT2D eigenvalue weighted by molar-refractivity contribution is -0.159. The van der Waals surface area contributed by atoms with Crippen molar-refractivity contribution in [3.8, 4) is 6.07 Å². The highest BCUT2D eigenvalue weighted by molar-refractivity contribution is 5.92. The standard InChI is InChI=1S/C8H9NO3/c1-4-7(11-3)12-8(10)6(2)5-9/h4,7H,1-2H2,3H3. The molecule has 0 N–H and O–H groups in total. The topological polar surface area (TPSA) is 59.3 Å². The van der Waals surface area contributed by atoms with Gasteiger partial charge in [0, 0.05) is 7.11 Å². The van der Waals surface area contributed by atoms with Crippen molar-refractivity contribution >= 4 is 5.97 Å². The molecule has 0 aliphatic rings. The molecule has 0 saturated heterocycles. The lowest BCUT2D eigenvalue weighted by Gasteiger charge is -2.10. The van der Waals surface area contributed by atoms with Crippen molar-refractivity contribution in [3.05, 3.63) is 24.8 Å². The minimum Gasteiger partial charge on any atom is -0.428 e. The first-order valence-electron chi connectivity index (χ1n) is 3.11. The third kappa shape index (κ3) is 2.99. The van der Waals surface area contributed by atoms with Crippen LogP contribution in [0.5, 0.6) is 0 Å². The molecule has 0 aromatic heterocycles. The fourth-order valence-electron chi connectivity index (χ4n) is 0.415. The summed E-state index contributed by atoms with van der Waals surface area (Å²) in [6.07, 6.45) is 0.463. The lowest BCUT2D eigenvalue weighted by atomic mass is 10.3. The second-order valence-electron chi connectivity index (χ2n) is 1.84. The van der Waals surface area contributed by atoms with Gasteiger partial charge in [0.2, 0.25) is 6.29 Å². The van der Waals surface area contributed by atoms with Crippen LogP contribution < -0.4 is 0 Å². The van der Waals surface area contributed by atoms with Crippen LogP contribution in [-0.4, -0.2) is 19.4 Å². The number of hydrogen-bond donors (Lipinski definition) is 0. The van der Waals surface area contributed by atoms with Crippen molar-refractivity contribution < 1.29 is 14.3 Å². The summed E-state index contributed by atoms with van der Waals surface area (Å²) in [6, 6.07) is 1.56. The number of hydrogen-bond acceptors (Lipinski definition) is 4. The quantitative estimate of drug-likeness (QED) is 0.204. The number of ether oxygens (including phenoxy) is 2. The highest BCUT2D eigenvalue weighted by Gasteiger charge is 2.12. The largest absolute Gasteiger partial charge is 0.428 e. The first-order chi connectivity index (χ1) is 5.65. The first-order valence-corrected chi connectivity index (χ1v) is 3.11. The van der Waals surface area contributed by atoms with E-state index in [0.29, 0.717) is 0 Å². The molecule has 4 heteroatoms. The number of nitrogens with zero attached hydrogens (tertiary/aromatic N) is 1. The van der Waals surface area contributed by atoms with Crippen LogP contribution in [-0.2, 0) is 14.3 Å². The third-order valence-electron chi connectivity index (χ3n) is 1.03. The molecule has 64 valence electrons. The summed E-state index contributed by atoms with van der Waals surface area (Å²) in [4.78, 5) is 10.8. The van der Waals surface area contributed by atoms with Gasteiger partial charge in [-0.05, 0) is 6.08 Å². The molecule has 1 unspecified atom stereocenters. The Hall–Kier alpha value is -1.60. The monoisotopic (exact) mass is 167 g/mol. The Morgan fingerprint density at radius 2 is 2.33 bits per heavy atom. The van der Waals surface area contributed by atoms with Crippen LogP contribution in [0.2, 0.25) is 0 Å². The predicted octanol–water partition coefficient (Wildman–Crippen LogP) is 0.768. The molecule has 1 atom stereocenters. The Morgan fingerprint density at radius 1 is 1.75 bits per heavy atom. The van der Waals surface area contributed by atoms with Gasteiger partial charge in [0.1, 0.15) is 11.6 Å². The van der Waals surface area contributed by atoms with Crippen LogP contribution in [0.15, 0.2) is 24.8 Å². The normalized spacial score (nSPS) is 11.0. The van der Waals surface area contributed by atoms with Gasteiger partial charge in [0.25, 0.3) is 0 Å². The molecule has 0 heterocycles.